The maximum Gasteiger partial charge on any atom is 0.185 e. The first-order valence-electron chi connectivity index (χ1n) is 8.83. The second-order valence-corrected chi connectivity index (χ2v) is 8.04. The summed E-state index contributed by atoms with van der Waals surface area (Å²) in [4.78, 5) is 8.54. The lowest BCUT2D eigenvalue weighted by molar-refractivity contribution is 0.465. The Morgan fingerprint density at radius 2 is 1.96 bits per heavy atom. The van der Waals surface area contributed by atoms with Crippen LogP contribution in [0.15, 0.2) is 0 Å². The lowest BCUT2D eigenvalue weighted by Gasteiger charge is -2.32. The van der Waals surface area contributed by atoms with Crippen LogP contribution in [-0.4, -0.2) is 32.8 Å². The third-order valence-corrected chi connectivity index (χ3v) is 6.35. The van der Waals surface area contributed by atoms with E-state index in [0.717, 1.165) is 26.1 Å². The molecule has 5 nitrogen and oxygen atoms in total. The van der Waals surface area contributed by atoms with E-state index in [4.69, 9.17) is 4.98 Å². The Bertz CT molecular complexity index is 670. The van der Waals surface area contributed by atoms with Crippen molar-refractivity contribution in [3.05, 3.63) is 22.2 Å². The fraction of sp³-hybridized carbons (Fsp3) is 0.706. The number of nitrogens with zero attached hydrogens (tertiary/aromatic N) is 5. The van der Waals surface area contributed by atoms with E-state index in [1.54, 1.807) is 0 Å². The molecule has 1 fully saturated rings. The van der Waals surface area contributed by atoms with Crippen molar-refractivity contribution >= 4 is 16.5 Å². The van der Waals surface area contributed by atoms with E-state index < -0.39 is 0 Å². The smallest absolute Gasteiger partial charge is 0.185 e. The summed E-state index contributed by atoms with van der Waals surface area (Å²) in [6.45, 7) is 7.52. The van der Waals surface area contributed by atoms with Gasteiger partial charge in [-0.3, -0.25) is 0 Å². The van der Waals surface area contributed by atoms with Crippen LogP contribution in [0.1, 0.15) is 60.2 Å². The average molecular weight is 331 g/mol. The van der Waals surface area contributed by atoms with Crippen molar-refractivity contribution in [1.82, 2.24) is 19.7 Å². The number of aromatic nitrogens is 4. The zero-order chi connectivity index (χ0) is 15.8. The molecule has 0 aromatic carbocycles. The quantitative estimate of drug-likeness (QED) is 0.845. The maximum atomic E-state index is 4.75. The maximum absolute atomic E-state index is 4.75. The molecule has 0 amide bonds. The summed E-state index contributed by atoms with van der Waals surface area (Å²) < 4.78 is 2.42. The normalized spacial score (nSPS) is 22.0. The standard InChI is InChI=1S/C17H25N5S/c1-12-13(2)23-17(18-12)21-9-6-7-14(11-21)16-20-19-15-8-4-3-5-10-22(15)16/h14H,3-11H2,1-2H3. The van der Waals surface area contributed by atoms with Gasteiger partial charge in [0.15, 0.2) is 5.13 Å². The van der Waals surface area contributed by atoms with Crippen molar-refractivity contribution in [2.24, 2.45) is 0 Å². The minimum atomic E-state index is 0.493. The molecule has 2 aromatic rings. The molecular formula is C17H25N5S. The van der Waals surface area contributed by atoms with Gasteiger partial charge in [-0.05, 0) is 39.5 Å². The van der Waals surface area contributed by atoms with Crippen molar-refractivity contribution in [2.45, 2.75) is 64.8 Å². The first kappa shape index (κ1) is 15.1. The fourth-order valence-electron chi connectivity index (χ4n) is 3.76. The van der Waals surface area contributed by atoms with Crippen LogP contribution in [0.2, 0.25) is 0 Å². The number of thiazole rings is 1. The summed E-state index contributed by atoms with van der Waals surface area (Å²) in [5.41, 5.74) is 1.17. The number of aryl methyl sites for hydroxylation is 3. The summed E-state index contributed by atoms with van der Waals surface area (Å²) in [5, 5.41) is 10.3. The van der Waals surface area contributed by atoms with Gasteiger partial charge in [-0.25, -0.2) is 4.98 Å². The lowest BCUT2D eigenvalue weighted by Crippen LogP contribution is -2.35. The Morgan fingerprint density at radius 3 is 2.78 bits per heavy atom. The SMILES string of the molecule is Cc1nc(N2CCCC(c3nnc4n3CCCCC4)C2)sc1C. The van der Waals surface area contributed by atoms with Crippen LogP contribution in [0.25, 0.3) is 0 Å². The highest BCUT2D eigenvalue weighted by Crippen LogP contribution is 2.33. The molecule has 4 rings (SSSR count). The second kappa shape index (κ2) is 6.23. The summed E-state index contributed by atoms with van der Waals surface area (Å²) in [5.74, 6) is 2.92. The Balaban J connectivity index is 1.57. The second-order valence-electron chi connectivity index (χ2n) is 6.86. The largest absolute Gasteiger partial charge is 0.347 e. The van der Waals surface area contributed by atoms with Crippen LogP contribution in [0, 0.1) is 13.8 Å². The van der Waals surface area contributed by atoms with E-state index >= 15 is 0 Å². The highest BCUT2D eigenvalue weighted by atomic mass is 32.1. The fourth-order valence-corrected chi connectivity index (χ4v) is 4.71. The number of anilines is 1. The molecule has 1 saturated heterocycles. The van der Waals surface area contributed by atoms with Crippen LogP contribution >= 0.6 is 11.3 Å². The molecule has 2 aliphatic heterocycles. The molecule has 2 aliphatic rings. The highest BCUT2D eigenvalue weighted by molar-refractivity contribution is 7.15. The van der Waals surface area contributed by atoms with Gasteiger partial charge in [-0.15, -0.1) is 21.5 Å². The number of rotatable bonds is 2. The Morgan fingerprint density at radius 1 is 1.04 bits per heavy atom. The highest BCUT2D eigenvalue weighted by Gasteiger charge is 2.28. The van der Waals surface area contributed by atoms with E-state index in [2.05, 4.69) is 33.5 Å². The van der Waals surface area contributed by atoms with E-state index in [1.165, 1.54) is 59.5 Å². The topological polar surface area (TPSA) is 46.8 Å². The zero-order valence-electron chi connectivity index (χ0n) is 14.1. The first-order valence-corrected chi connectivity index (χ1v) is 9.65. The lowest BCUT2D eigenvalue weighted by atomic mass is 9.97. The van der Waals surface area contributed by atoms with Gasteiger partial charge in [-0.2, -0.15) is 0 Å². The van der Waals surface area contributed by atoms with E-state index in [-0.39, 0.29) is 0 Å². The van der Waals surface area contributed by atoms with Gasteiger partial charge >= 0.3 is 0 Å². The number of hydrogen-bond acceptors (Lipinski definition) is 5. The third kappa shape index (κ3) is 2.89. The zero-order valence-corrected chi connectivity index (χ0v) is 14.9. The van der Waals surface area contributed by atoms with Gasteiger partial charge in [0, 0.05) is 36.9 Å². The summed E-state index contributed by atoms with van der Waals surface area (Å²) in [6, 6.07) is 0. The van der Waals surface area contributed by atoms with Gasteiger partial charge in [0.25, 0.3) is 0 Å². The minimum absolute atomic E-state index is 0.493. The molecule has 23 heavy (non-hydrogen) atoms. The molecule has 0 bridgehead atoms. The van der Waals surface area contributed by atoms with Gasteiger partial charge < -0.3 is 9.47 Å². The summed E-state index contributed by atoms with van der Waals surface area (Å²) >= 11 is 1.82. The van der Waals surface area contributed by atoms with Crippen molar-refractivity contribution < 1.29 is 0 Å². The molecule has 0 saturated carbocycles. The molecule has 0 aliphatic carbocycles. The molecule has 0 N–H and O–H groups in total. The Kier molecular flexibility index (Phi) is 4.09. The molecule has 0 spiro atoms. The molecule has 124 valence electrons. The van der Waals surface area contributed by atoms with E-state index in [1.807, 2.05) is 11.3 Å². The third-order valence-electron chi connectivity index (χ3n) is 5.21. The van der Waals surface area contributed by atoms with Gasteiger partial charge in [0.05, 0.1) is 5.69 Å². The van der Waals surface area contributed by atoms with E-state index in [0.29, 0.717) is 5.92 Å². The van der Waals surface area contributed by atoms with Crippen molar-refractivity contribution in [2.75, 3.05) is 18.0 Å². The monoisotopic (exact) mass is 331 g/mol. The Hall–Kier alpha value is -1.43. The van der Waals surface area contributed by atoms with Gasteiger partial charge in [0.2, 0.25) is 0 Å². The first-order chi connectivity index (χ1) is 11.2. The summed E-state index contributed by atoms with van der Waals surface area (Å²) in [6.07, 6.45) is 7.36. The van der Waals surface area contributed by atoms with Gasteiger partial charge in [-0.1, -0.05) is 6.42 Å². The molecule has 4 heterocycles. The van der Waals surface area contributed by atoms with Crippen LogP contribution < -0.4 is 4.90 Å². The average Bonchev–Trinajstić information content (AvgIpc) is 3.03. The Labute approximate surface area is 141 Å². The molecule has 1 unspecified atom stereocenters. The van der Waals surface area contributed by atoms with Crippen molar-refractivity contribution in [1.29, 1.82) is 0 Å². The van der Waals surface area contributed by atoms with Crippen LogP contribution in [0.3, 0.4) is 0 Å². The summed E-state index contributed by atoms with van der Waals surface area (Å²) in [7, 11) is 0. The predicted octanol–water partition coefficient (Wildman–Crippen LogP) is 3.46. The molecule has 2 aromatic heterocycles. The molecule has 0 radical (unpaired) electrons. The van der Waals surface area contributed by atoms with Crippen molar-refractivity contribution in [3.8, 4) is 0 Å². The molecule has 6 heteroatoms. The van der Waals surface area contributed by atoms with Crippen LogP contribution in [-0.2, 0) is 13.0 Å². The predicted molar refractivity (Wildman–Crippen MR) is 93.4 cm³/mol. The van der Waals surface area contributed by atoms with Crippen LogP contribution in [0.4, 0.5) is 5.13 Å². The molecular weight excluding hydrogens is 306 g/mol. The van der Waals surface area contributed by atoms with Gasteiger partial charge in [0.1, 0.15) is 11.6 Å². The number of hydrogen-bond donors (Lipinski definition) is 0. The minimum Gasteiger partial charge on any atom is -0.347 e. The van der Waals surface area contributed by atoms with Crippen molar-refractivity contribution in [3.63, 3.8) is 0 Å². The number of piperidine rings is 1. The van der Waals surface area contributed by atoms with E-state index in [9.17, 15) is 0 Å². The number of fused-ring (bicyclic) bond motifs is 1. The molecule has 1 atom stereocenters. The van der Waals surface area contributed by atoms with Crippen LogP contribution in [0.5, 0.6) is 0 Å².